The summed E-state index contributed by atoms with van der Waals surface area (Å²) in [6, 6.07) is 0. The Bertz CT molecular complexity index is 66.1. The van der Waals surface area contributed by atoms with Crippen molar-refractivity contribution in [3.63, 3.8) is 0 Å². The van der Waals surface area contributed by atoms with Crippen molar-refractivity contribution in [3.05, 3.63) is 5.73 Å². The van der Waals surface area contributed by atoms with Gasteiger partial charge in [-0.05, 0) is 0 Å². The molecule has 57 valence electrons. The zero-order chi connectivity index (χ0) is 6.62. The molecule has 0 fully saturated rings. The van der Waals surface area contributed by atoms with E-state index in [4.69, 9.17) is 14.8 Å². The number of hydrogen-bond acceptors (Lipinski definition) is 2. The zero-order valence-electron chi connectivity index (χ0n) is 5.37. The summed E-state index contributed by atoms with van der Waals surface area (Å²) in [6.07, 6.45) is 1.99. The van der Waals surface area contributed by atoms with E-state index in [-0.39, 0.29) is 25.1 Å². The second-order valence-electron chi connectivity index (χ2n) is 1.80. The Hall–Kier alpha value is 0.814. The van der Waals surface area contributed by atoms with Crippen LogP contribution in [-0.4, -0.2) is 27.7 Å². The molecule has 0 atom stereocenters. The molecule has 9 heavy (non-hydrogen) atoms. The topological polar surface area (TPSA) is 64.3 Å². The van der Waals surface area contributed by atoms with Gasteiger partial charge >= 0.3 is 0 Å². The number of hydrogen-bond donors (Lipinski definition) is 2. The first-order valence-electron chi connectivity index (χ1n) is 2.42. The molecule has 0 amide bonds. The minimum atomic E-state index is -2.31. The van der Waals surface area contributed by atoms with Crippen LogP contribution >= 0.6 is 10.6 Å². The van der Waals surface area contributed by atoms with Gasteiger partial charge in [-0.2, -0.15) is 0 Å². The molecule has 0 bridgehead atoms. The summed E-state index contributed by atoms with van der Waals surface area (Å²) in [5, 5.41) is 0. The molecule has 0 spiro atoms. The van der Waals surface area contributed by atoms with E-state index in [0.29, 0.717) is 12.2 Å². The molecule has 0 saturated heterocycles. The maximum Gasteiger partial charge on any atom is 0.0354 e. The van der Waals surface area contributed by atoms with Gasteiger partial charge in [-0.25, -0.2) is 10.6 Å². The normalized spacial score (nSPS) is 12.4. The minimum absolute atomic E-state index is 0. The predicted octanol–water partition coefficient (Wildman–Crippen LogP) is 1.81. The Labute approximate surface area is 69.2 Å². The summed E-state index contributed by atoms with van der Waals surface area (Å²) in [5.74, 6) is 0.372. The van der Waals surface area contributed by atoms with E-state index in [1.807, 2.05) is 0 Å². The molecule has 0 heterocycles. The van der Waals surface area contributed by atoms with Gasteiger partial charge in [0.2, 0.25) is 0 Å². The summed E-state index contributed by atoms with van der Waals surface area (Å²) >= 11 is 0. The van der Waals surface area contributed by atoms with E-state index in [1.54, 1.807) is 0 Å². The summed E-state index contributed by atoms with van der Waals surface area (Å²) in [5.41, 5.74) is 6.67. The third kappa shape index (κ3) is 12.1. The van der Waals surface area contributed by atoms with Crippen molar-refractivity contribution in [1.29, 1.82) is 0 Å². The Balaban J connectivity index is 0. The summed E-state index contributed by atoms with van der Waals surface area (Å²) < 4.78 is 17.4. The van der Waals surface area contributed by atoms with Crippen LogP contribution in [0, 0.1) is 0 Å². The van der Waals surface area contributed by atoms with E-state index in [9.17, 15) is 0 Å². The van der Waals surface area contributed by atoms with Gasteiger partial charge < -0.3 is 5.73 Å². The van der Waals surface area contributed by atoms with Gasteiger partial charge in [-0.1, -0.05) is 6.42 Å². The monoisotopic (exact) mass is 189 g/mol. The Kier molecular flexibility index (Phi) is 7.75. The number of nitrogens with one attached hydrogen (secondary N) is 1. The number of rotatable bonds is 3. The quantitative estimate of drug-likeness (QED) is 0.711. The fraction of sp³-hybridized carbons (Fsp3) is 1.00. The average molecular weight is 189 g/mol. The maximum absolute atomic E-state index is 8.70. The van der Waals surface area contributed by atoms with Gasteiger partial charge in [0.05, 0.1) is 0 Å². The molecule has 5 heteroatoms. The van der Waals surface area contributed by atoms with Gasteiger partial charge in [0, 0.05) is 30.6 Å². The Morgan fingerprint density at radius 3 is 2.00 bits per heavy atom. The van der Waals surface area contributed by atoms with Crippen LogP contribution in [-0.2, 0) is 18.6 Å². The van der Waals surface area contributed by atoms with Gasteiger partial charge in [0.1, 0.15) is 0 Å². The molecule has 0 aromatic carbocycles. The second kappa shape index (κ2) is 5.59. The first-order valence-corrected chi connectivity index (χ1v) is 4.54. The van der Waals surface area contributed by atoms with E-state index < -0.39 is 10.6 Å². The molecule has 0 aromatic heterocycles. The maximum atomic E-state index is 8.70. The van der Waals surface area contributed by atoms with Crippen LogP contribution in [0.1, 0.15) is 6.42 Å². The van der Waals surface area contributed by atoms with E-state index >= 15 is 0 Å². The van der Waals surface area contributed by atoms with Crippen molar-refractivity contribution in [2.75, 3.05) is 18.6 Å². The van der Waals surface area contributed by atoms with E-state index in [2.05, 4.69) is 0 Å². The van der Waals surface area contributed by atoms with Crippen molar-refractivity contribution in [1.82, 2.24) is 0 Å². The Morgan fingerprint density at radius 1 is 1.44 bits per heavy atom. The van der Waals surface area contributed by atoms with Crippen LogP contribution < -0.4 is 0 Å². The molecule has 0 saturated carbocycles. The molecular formula is C4H12NO2SV-. The molecule has 3 nitrogen and oxygen atoms in total. The molecule has 1 radical (unpaired) electrons. The molecule has 0 aliphatic heterocycles. The van der Waals surface area contributed by atoms with E-state index in [1.165, 1.54) is 6.26 Å². The summed E-state index contributed by atoms with van der Waals surface area (Å²) in [6.45, 7) is 0.281. The largest absolute Gasteiger partial charge is 0.677 e. The van der Waals surface area contributed by atoms with Crippen LogP contribution in [0.25, 0.3) is 5.73 Å². The van der Waals surface area contributed by atoms with Crippen LogP contribution in [0.3, 0.4) is 0 Å². The van der Waals surface area contributed by atoms with Gasteiger partial charge in [0.25, 0.3) is 0 Å². The molecule has 0 rings (SSSR count). The molecule has 0 aliphatic rings. The van der Waals surface area contributed by atoms with Gasteiger partial charge in [0.15, 0.2) is 0 Å². The van der Waals surface area contributed by atoms with Crippen molar-refractivity contribution in [2.45, 2.75) is 6.42 Å². The van der Waals surface area contributed by atoms with E-state index in [0.717, 1.165) is 0 Å². The zero-order valence-corrected chi connectivity index (χ0v) is 7.58. The van der Waals surface area contributed by atoms with Crippen molar-refractivity contribution in [3.8, 4) is 0 Å². The average Bonchev–Trinajstić information content (AvgIpc) is 1.59. The molecule has 0 unspecified atom stereocenters. The first kappa shape index (κ1) is 12.5. The van der Waals surface area contributed by atoms with Crippen LogP contribution in [0.15, 0.2) is 0 Å². The van der Waals surface area contributed by atoms with Gasteiger partial charge in [-0.15, -0.1) is 6.54 Å². The van der Waals surface area contributed by atoms with Crippen LogP contribution in [0.2, 0.25) is 0 Å². The Morgan fingerprint density at radius 2 is 1.89 bits per heavy atom. The second-order valence-corrected chi connectivity index (χ2v) is 4.20. The molecule has 0 aliphatic carbocycles. The van der Waals surface area contributed by atoms with Crippen LogP contribution in [0.5, 0.6) is 0 Å². The summed E-state index contributed by atoms with van der Waals surface area (Å²) in [7, 11) is -2.31. The molecular weight excluding hydrogens is 177 g/mol. The third-order valence-corrected chi connectivity index (χ3v) is 1.77. The van der Waals surface area contributed by atoms with Crippen LogP contribution in [0.4, 0.5) is 0 Å². The standard InChI is InChI=1S/C4H12NO2S.V/c1-8(6,7)4-2-3-5;/h5-7H,2-4H2,1H3;/q-1;. The fourth-order valence-corrected chi connectivity index (χ4v) is 1.04. The van der Waals surface area contributed by atoms with Crippen molar-refractivity contribution < 1.29 is 27.7 Å². The molecule has 3 N–H and O–H groups in total. The van der Waals surface area contributed by atoms with Crippen molar-refractivity contribution in [2.24, 2.45) is 0 Å². The SMILES string of the molecule is CS(O)(O)CCC[NH-].[V]. The minimum Gasteiger partial charge on any atom is -0.677 e. The summed E-state index contributed by atoms with van der Waals surface area (Å²) in [4.78, 5) is 0. The molecule has 0 aromatic rings. The fourth-order valence-electron chi connectivity index (χ4n) is 0.346. The predicted molar refractivity (Wildman–Crippen MR) is 37.4 cm³/mol. The van der Waals surface area contributed by atoms with Crippen molar-refractivity contribution >= 4 is 10.6 Å². The smallest absolute Gasteiger partial charge is 0.0354 e. The third-order valence-electron chi connectivity index (χ3n) is 0.708. The van der Waals surface area contributed by atoms with Gasteiger partial charge in [-0.3, -0.25) is 9.11 Å². The first-order chi connectivity index (χ1) is 3.56.